The van der Waals surface area contributed by atoms with Gasteiger partial charge >= 0.3 is 0 Å². The lowest BCUT2D eigenvalue weighted by Crippen LogP contribution is -2.41. The zero-order valence-corrected chi connectivity index (χ0v) is 17.2. The lowest BCUT2D eigenvalue weighted by Gasteiger charge is -2.49. The summed E-state index contributed by atoms with van der Waals surface area (Å²) in [6.45, 7) is 12.6. The minimum Gasteiger partial charge on any atom is -0.115 e. The quantitative estimate of drug-likeness (QED) is 0.444. The second kappa shape index (κ2) is 8.27. The summed E-state index contributed by atoms with van der Waals surface area (Å²) in [4.78, 5) is 0. The van der Waals surface area contributed by atoms with Crippen molar-refractivity contribution in [3.8, 4) is 12.3 Å². The van der Waals surface area contributed by atoms with Crippen molar-refractivity contribution in [2.24, 2.45) is 17.3 Å². The molecular formula is C25H36. The van der Waals surface area contributed by atoms with Crippen molar-refractivity contribution in [3.05, 3.63) is 46.5 Å². The molecule has 0 heteroatoms. The molecule has 136 valence electrons. The van der Waals surface area contributed by atoms with Gasteiger partial charge in [-0.2, -0.15) is 0 Å². The van der Waals surface area contributed by atoms with Crippen molar-refractivity contribution in [1.82, 2.24) is 0 Å². The van der Waals surface area contributed by atoms with Crippen LogP contribution in [0, 0.1) is 36.5 Å². The van der Waals surface area contributed by atoms with E-state index in [9.17, 15) is 0 Å². The van der Waals surface area contributed by atoms with Crippen LogP contribution >= 0.6 is 0 Å². The van der Waals surface area contributed by atoms with Gasteiger partial charge in [0.15, 0.2) is 0 Å². The van der Waals surface area contributed by atoms with E-state index in [1.54, 1.807) is 11.1 Å². The average Bonchev–Trinajstić information content (AvgIpc) is 3.01. The molecule has 0 heterocycles. The maximum Gasteiger partial charge on any atom is 0.00400 e. The van der Waals surface area contributed by atoms with Gasteiger partial charge in [0.2, 0.25) is 0 Å². The number of allylic oxidation sites excluding steroid dienone is 2. The molecule has 0 radical (unpaired) electrons. The van der Waals surface area contributed by atoms with Crippen LogP contribution in [-0.4, -0.2) is 0 Å². The zero-order valence-electron chi connectivity index (χ0n) is 17.2. The largest absolute Gasteiger partial charge is 0.115 e. The molecule has 4 unspecified atom stereocenters. The number of benzene rings is 1. The van der Waals surface area contributed by atoms with Crippen LogP contribution in [0.5, 0.6) is 0 Å². The second-order valence-electron chi connectivity index (χ2n) is 7.57. The highest BCUT2D eigenvalue weighted by Crippen LogP contribution is 2.60. The van der Waals surface area contributed by atoms with E-state index >= 15 is 0 Å². The molecule has 0 N–H and O–H groups in total. The first-order chi connectivity index (χ1) is 12.1. The highest BCUT2D eigenvalue weighted by Gasteiger charge is 2.51. The highest BCUT2D eigenvalue weighted by atomic mass is 14.5. The number of terminal acetylenes is 1. The molecular weight excluding hydrogens is 300 g/mol. The fourth-order valence-electron chi connectivity index (χ4n) is 5.50. The standard InChI is InChI=1S/C21H24.2C2H6/c1-4-16-7-10-20-19-9-6-15-13-14(2)5-8-17(15)18(19)11-12-21(16,20)3;2*1-2/h1,5,7-8,13,18-20H,6,9-12H2,2-3H3;2*1-2H3. The summed E-state index contributed by atoms with van der Waals surface area (Å²) in [7, 11) is 0. The number of rotatable bonds is 0. The topological polar surface area (TPSA) is 0 Å². The molecule has 0 aromatic heterocycles. The summed E-state index contributed by atoms with van der Waals surface area (Å²) >= 11 is 0. The molecule has 1 saturated carbocycles. The number of hydrogen-bond acceptors (Lipinski definition) is 0. The van der Waals surface area contributed by atoms with E-state index in [1.807, 2.05) is 27.7 Å². The fourth-order valence-corrected chi connectivity index (χ4v) is 5.50. The van der Waals surface area contributed by atoms with Crippen molar-refractivity contribution in [3.63, 3.8) is 0 Å². The monoisotopic (exact) mass is 336 g/mol. The summed E-state index contributed by atoms with van der Waals surface area (Å²) < 4.78 is 0. The van der Waals surface area contributed by atoms with Gasteiger partial charge in [-0.1, -0.05) is 70.4 Å². The molecule has 0 nitrogen and oxygen atoms in total. The van der Waals surface area contributed by atoms with E-state index in [4.69, 9.17) is 6.42 Å². The predicted molar refractivity (Wildman–Crippen MR) is 111 cm³/mol. The molecule has 0 bridgehead atoms. The molecule has 4 rings (SSSR count). The van der Waals surface area contributed by atoms with Gasteiger partial charge in [-0.15, -0.1) is 6.42 Å². The fraction of sp³-hybridized carbons (Fsp3) is 0.600. The van der Waals surface area contributed by atoms with E-state index in [0.717, 1.165) is 17.8 Å². The Bertz CT molecular complexity index is 657. The molecule has 0 amide bonds. The molecule has 1 fully saturated rings. The molecule has 25 heavy (non-hydrogen) atoms. The first-order valence-corrected chi connectivity index (χ1v) is 10.4. The average molecular weight is 337 g/mol. The van der Waals surface area contributed by atoms with Crippen LogP contribution in [-0.2, 0) is 6.42 Å². The zero-order chi connectivity index (χ0) is 18.6. The second-order valence-corrected chi connectivity index (χ2v) is 7.57. The molecule has 0 aliphatic heterocycles. The third-order valence-electron chi connectivity index (χ3n) is 6.62. The Balaban J connectivity index is 0.000000528. The van der Waals surface area contributed by atoms with E-state index in [2.05, 4.69) is 44.0 Å². The lowest BCUT2D eigenvalue weighted by atomic mass is 9.54. The molecule has 3 aliphatic carbocycles. The maximum atomic E-state index is 5.77. The smallest absolute Gasteiger partial charge is 0.00400 e. The van der Waals surface area contributed by atoms with Gasteiger partial charge in [0.1, 0.15) is 0 Å². The highest BCUT2D eigenvalue weighted by molar-refractivity contribution is 5.42. The van der Waals surface area contributed by atoms with Gasteiger partial charge in [-0.05, 0) is 67.9 Å². The van der Waals surface area contributed by atoms with Crippen molar-refractivity contribution < 1.29 is 0 Å². The van der Waals surface area contributed by atoms with Gasteiger partial charge < -0.3 is 0 Å². The van der Waals surface area contributed by atoms with Crippen molar-refractivity contribution >= 4 is 0 Å². The predicted octanol–water partition coefficient (Wildman–Crippen LogP) is 7.07. The van der Waals surface area contributed by atoms with Crippen molar-refractivity contribution in [1.29, 1.82) is 0 Å². The van der Waals surface area contributed by atoms with Crippen LogP contribution in [0.1, 0.15) is 82.9 Å². The summed E-state index contributed by atoms with van der Waals surface area (Å²) in [5, 5.41) is 0. The third kappa shape index (κ3) is 3.31. The van der Waals surface area contributed by atoms with E-state index < -0.39 is 0 Å². The van der Waals surface area contributed by atoms with Gasteiger partial charge in [-0.25, -0.2) is 0 Å². The van der Waals surface area contributed by atoms with Crippen LogP contribution in [0.3, 0.4) is 0 Å². The Morgan fingerprint density at radius 2 is 1.84 bits per heavy atom. The Hall–Kier alpha value is -1.48. The van der Waals surface area contributed by atoms with E-state index in [0.29, 0.717) is 0 Å². The first kappa shape index (κ1) is 19.8. The number of fused-ring (bicyclic) bond motifs is 5. The van der Waals surface area contributed by atoms with E-state index in [-0.39, 0.29) is 5.41 Å². The SMILES string of the molecule is C#CC1=CCC2C3CCc4cc(C)ccc4C3CCC12C.CC.CC. The van der Waals surface area contributed by atoms with Gasteiger partial charge in [0, 0.05) is 11.0 Å². The molecule has 3 aliphatic rings. The molecule has 1 aromatic carbocycles. The summed E-state index contributed by atoms with van der Waals surface area (Å²) in [6.07, 6.45) is 14.5. The number of aryl methyl sites for hydroxylation is 2. The first-order valence-electron chi connectivity index (χ1n) is 10.4. The summed E-state index contributed by atoms with van der Waals surface area (Å²) in [5.74, 6) is 5.37. The van der Waals surface area contributed by atoms with Crippen LogP contribution < -0.4 is 0 Å². The third-order valence-corrected chi connectivity index (χ3v) is 6.62. The molecule has 4 atom stereocenters. The maximum absolute atomic E-state index is 5.77. The van der Waals surface area contributed by atoms with Gasteiger partial charge in [-0.3, -0.25) is 0 Å². The Morgan fingerprint density at radius 1 is 1.12 bits per heavy atom. The molecule has 0 saturated heterocycles. The molecule has 0 spiro atoms. The van der Waals surface area contributed by atoms with E-state index in [1.165, 1.54) is 43.2 Å². The Morgan fingerprint density at radius 3 is 2.52 bits per heavy atom. The van der Waals surface area contributed by atoms with Crippen LogP contribution in [0.2, 0.25) is 0 Å². The van der Waals surface area contributed by atoms with Crippen LogP contribution in [0.4, 0.5) is 0 Å². The number of hydrogen-bond donors (Lipinski definition) is 0. The Labute approximate surface area is 156 Å². The van der Waals surface area contributed by atoms with Crippen LogP contribution in [0.15, 0.2) is 29.8 Å². The Kier molecular flexibility index (Phi) is 6.56. The summed E-state index contributed by atoms with van der Waals surface area (Å²) in [5.41, 5.74) is 6.25. The van der Waals surface area contributed by atoms with Gasteiger partial charge in [0.25, 0.3) is 0 Å². The normalized spacial score (nSPS) is 31.6. The van der Waals surface area contributed by atoms with Crippen molar-refractivity contribution in [2.45, 2.75) is 79.6 Å². The summed E-state index contributed by atoms with van der Waals surface area (Å²) in [6, 6.07) is 7.13. The molecule has 1 aromatic rings. The lowest BCUT2D eigenvalue weighted by molar-refractivity contribution is 0.0781. The minimum absolute atomic E-state index is 0.290. The van der Waals surface area contributed by atoms with Gasteiger partial charge in [0.05, 0.1) is 0 Å². The van der Waals surface area contributed by atoms with Crippen molar-refractivity contribution in [2.75, 3.05) is 0 Å². The minimum atomic E-state index is 0.290. The van der Waals surface area contributed by atoms with Crippen LogP contribution in [0.25, 0.3) is 0 Å².